The molecule has 20 heavy (non-hydrogen) atoms. The SMILES string of the molecule is CCCNC1CCC(CC)CC1CN1CCC(O)CC1. The zero-order valence-electron chi connectivity index (χ0n) is 13.5. The van der Waals surface area contributed by atoms with Crippen molar-refractivity contribution in [3.63, 3.8) is 0 Å². The number of hydrogen-bond donors (Lipinski definition) is 2. The minimum Gasteiger partial charge on any atom is -0.393 e. The lowest BCUT2D eigenvalue weighted by atomic mass is 9.76. The van der Waals surface area contributed by atoms with Crippen LogP contribution in [0, 0.1) is 11.8 Å². The summed E-state index contributed by atoms with van der Waals surface area (Å²) in [6, 6.07) is 0.726. The Balaban J connectivity index is 1.85. The number of piperidine rings is 1. The minimum absolute atomic E-state index is 0.0463. The fourth-order valence-corrected chi connectivity index (χ4v) is 3.97. The number of hydrogen-bond acceptors (Lipinski definition) is 3. The van der Waals surface area contributed by atoms with Crippen molar-refractivity contribution in [2.45, 2.75) is 70.9 Å². The molecule has 0 bridgehead atoms. The zero-order valence-corrected chi connectivity index (χ0v) is 13.5. The molecule has 1 aliphatic heterocycles. The van der Waals surface area contributed by atoms with E-state index in [-0.39, 0.29) is 6.10 Å². The van der Waals surface area contributed by atoms with Crippen LogP contribution in [0.1, 0.15) is 58.8 Å². The molecule has 1 heterocycles. The van der Waals surface area contributed by atoms with Gasteiger partial charge in [-0.25, -0.2) is 0 Å². The highest BCUT2D eigenvalue weighted by molar-refractivity contribution is 4.87. The van der Waals surface area contributed by atoms with Gasteiger partial charge in [0.05, 0.1) is 6.10 Å². The zero-order chi connectivity index (χ0) is 14.4. The van der Waals surface area contributed by atoms with Crippen LogP contribution in [-0.2, 0) is 0 Å². The van der Waals surface area contributed by atoms with Crippen LogP contribution in [0.25, 0.3) is 0 Å². The van der Waals surface area contributed by atoms with Crippen LogP contribution < -0.4 is 5.32 Å². The van der Waals surface area contributed by atoms with Crippen LogP contribution in [0.5, 0.6) is 0 Å². The van der Waals surface area contributed by atoms with Gasteiger partial charge < -0.3 is 15.3 Å². The summed E-state index contributed by atoms with van der Waals surface area (Å²) in [6.07, 6.45) is 8.64. The van der Waals surface area contributed by atoms with E-state index in [1.165, 1.54) is 38.6 Å². The van der Waals surface area contributed by atoms with Crippen molar-refractivity contribution >= 4 is 0 Å². The predicted molar refractivity (Wildman–Crippen MR) is 84.9 cm³/mol. The Morgan fingerprint density at radius 1 is 1.10 bits per heavy atom. The molecule has 0 aromatic heterocycles. The highest BCUT2D eigenvalue weighted by atomic mass is 16.3. The third-order valence-electron chi connectivity index (χ3n) is 5.37. The second kappa shape index (κ2) is 8.35. The molecule has 3 atom stereocenters. The Bertz CT molecular complexity index is 264. The van der Waals surface area contributed by atoms with Gasteiger partial charge in [-0.05, 0) is 56.9 Å². The molecular formula is C17H34N2O. The smallest absolute Gasteiger partial charge is 0.0564 e. The number of nitrogens with zero attached hydrogens (tertiary/aromatic N) is 1. The lowest BCUT2D eigenvalue weighted by molar-refractivity contribution is 0.0607. The maximum atomic E-state index is 9.64. The quantitative estimate of drug-likeness (QED) is 0.786. The second-order valence-corrected chi connectivity index (χ2v) is 6.94. The highest BCUT2D eigenvalue weighted by Gasteiger charge is 2.31. The molecule has 0 spiro atoms. The van der Waals surface area contributed by atoms with Crippen molar-refractivity contribution in [3.05, 3.63) is 0 Å². The monoisotopic (exact) mass is 282 g/mol. The Morgan fingerprint density at radius 3 is 2.50 bits per heavy atom. The van der Waals surface area contributed by atoms with E-state index < -0.39 is 0 Å². The Morgan fingerprint density at radius 2 is 1.85 bits per heavy atom. The molecule has 2 aliphatic rings. The lowest BCUT2D eigenvalue weighted by Crippen LogP contribution is -2.48. The summed E-state index contributed by atoms with van der Waals surface area (Å²) in [5.41, 5.74) is 0. The summed E-state index contributed by atoms with van der Waals surface area (Å²) in [6.45, 7) is 9.19. The Labute approximate surface area is 125 Å². The van der Waals surface area contributed by atoms with Gasteiger partial charge in [-0.1, -0.05) is 20.3 Å². The van der Waals surface area contributed by atoms with E-state index in [9.17, 15) is 5.11 Å². The summed E-state index contributed by atoms with van der Waals surface area (Å²) >= 11 is 0. The maximum Gasteiger partial charge on any atom is 0.0564 e. The molecular weight excluding hydrogens is 248 g/mol. The molecule has 0 radical (unpaired) electrons. The Hall–Kier alpha value is -0.120. The van der Waals surface area contributed by atoms with Gasteiger partial charge in [0.15, 0.2) is 0 Å². The summed E-state index contributed by atoms with van der Waals surface area (Å²) in [7, 11) is 0. The van der Waals surface area contributed by atoms with Gasteiger partial charge >= 0.3 is 0 Å². The number of nitrogens with one attached hydrogen (secondary N) is 1. The van der Waals surface area contributed by atoms with Crippen molar-refractivity contribution in [1.29, 1.82) is 0 Å². The maximum absolute atomic E-state index is 9.64. The van der Waals surface area contributed by atoms with Gasteiger partial charge in [-0.15, -0.1) is 0 Å². The summed E-state index contributed by atoms with van der Waals surface area (Å²) in [4.78, 5) is 2.59. The van der Waals surface area contributed by atoms with Crippen molar-refractivity contribution < 1.29 is 5.11 Å². The number of aliphatic hydroxyl groups excluding tert-OH is 1. The molecule has 1 saturated carbocycles. The first-order chi connectivity index (χ1) is 9.72. The molecule has 0 aromatic rings. The third-order valence-corrected chi connectivity index (χ3v) is 5.37. The van der Waals surface area contributed by atoms with Gasteiger partial charge in [0.2, 0.25) is 0 Å². The first kappa shape index (κ1) is 16.3. The molecule has 2 N–H and O–H groups in total. The van der Waals surface area contributed by atoms with Crippen molar-refractivity contribution in [2.24, 2.45) is 11.8 Å². The minimum atomic E-state index is -0.0463. The topological polar surface area (TPSA) is 35.5 Å². The first-order valence-electron chi connectivity index (χ1n) is 8.86. The van der Waals surface area contributed by atoms with Gasteiger partial charge in [0.1, 0.15) is 0 Å². The molecule has 3 nitrogen and oxygen atoms in total. The van der Waals surface area contributed by atoms with Gasteiger partial charge in [0, 0.05) is 25.7 Å². The van der Waals surface area contributed by atoms with Gasteiger partial charge in [0.25, 0.3) is 0 Å². The van der Waals surface area contributed by atoms with E-state index >= 15 is 0 Å². The molecule has 0 aromatic carbocycles. The standard InChI is InChI=1S/C17H34N2O/c1-3-9-18-17-6-5-14(4-2)12-15(17)13-19-10-7-16(20)8-11-19/h14-18,20H,3-13H2,1-2H3. The average Bonchev–Trinajstić information content (AvgIpc) is 2.48. The van der Waals surface area contributed by atoms with E-state index in [0.717, 1.165) is 50.4 Å². The molecule has 2 rings (SSSR count). The molecule has 3 heteroatoms. The highest BCUT2D eigenvalue weighted by Crippen LogP contribution is 2.32. The number of aliphatic hydroxyl groups is 1. The van der Waals surface area contributed by atoms with Crippen molar-refractivity contribution in [2.75, 3.05) is 26.2 Å². The molecule has 118 valence electrons. The van der Waals surface area contributed by atoms with Crippen LogP contribution in [0.4, 0.5) is 0 Å². The van der Waals surface area contributed by atoms with E-state index in [4.69, 9.17) is 0 Å². The summed E-state index contributed by atoms with van der Waals surface area (Å²) in [5, 5.41) is 13.4. The largest absolute Gasteiger partial charge is 0.393 e. The molecule has 3 unspecified atom stereocenters. The van der Waals surface area contributed by atoms with Crippen molar-refractivity contribution in [3.8, 4) is 0 Å². The normalized spacial score (nSPS) is 33.5. The van der Waals surface area contributed by atoms with E-state index in [0.29, 0.717) is 0 Å². The van der Waals surface area contributed by atoms with Gasteiger partial charge in [-0.3, -0.25) is 0 Å². The average molecular weight is 282 g/mol. The Kier molecular flexibility index (Phi) is 6.79. The molecule has 2 fully saturated rings. The van der Waals surface area contributed by atoms with Gasteiger partial charge in [-0.2, -0.15) is 0 Å². The third kappa shape index (κ3) is 4.71. The van der Waals surface area contributed by atoms with Crippen LogP contribution in [0.3, 0.4) is 0 Å². The lowest BCUT2D eigenvalue weighted by Gasteiger charge is -2.40. The van der Waals surface area contributed by atoms with E-state index in [1.54, 1.807) is 0 Å². The molecule has 1 saturated heterocycles. The molecule has 1 aliphatic carbocycles. The van der Waals surface area contributed by atoms with E-state index in [2.05, 4.69) is 24.1 Å². The summed E-state index contributed by atoms with van der Waals surface area (Å²) < 4.78 is 0. The van der Waals surface area contributed by atoms with E-state index in [1.807, 2.05) is 0 Å². The van der Waals surface area contributed by atoms with Crippen LogP contribution >= 0.6 is 0 Å². The fourth-order valence-electron chi connectivity index (χ4n) is 3.97. The van der Waals surface area contributed by atoms with Crippen molar-refractivity contribution in [1.82, 2.24) is 10.2 Å². The van der Waals surface area contributed by atoms with Crippen LogP contribution in [0.2, 0.25) is 0 Å². The number of likely N-dealkylation sites (tertiary alicyclic amines) is 1. The number of rotatable bonds is 6. The van der Waals surface area contributed by atoms with Crippen LogP contribution in [0.15, 0.2) is 0 Å². The fraction of sp³-hybridized carbons (Fsp3) is 1.00. The molecule has 0 amide bonds. The summed E-state index contributed by atoms with van der Waals surface area (Å²) in [5.74, 6) is 1.76. The second-order valence-electron chi connectivity index (χ2n) is 6.94. The van der Waals surface area contributed by atoms with Crippen LogP contribution in [-0.4, -0.2) is 48.3 Å². The first-order valence-corrected chi connectivity index (χ1v) is 8.86. The predicted octanol–water partition coefficient (Wildman–Crippen LogP) is 2.64.